The van der Waals surface area contributed by atoms with Crippen molar-refractivity contribution < 1.29 is 33.0 Å². The molecular weight excluding hydrogens is 494 g/mol. The monoisotopic (exact) mass is 527 g/mol. The lowest BCUT2D eigenvalue weighted by atomic mass is 9.94. The number of thioether (sulfide) groups is 1. The Bertz CT molecular complexity index is 1020. The van der Waals surface area contributed by atoms with E-state index in [1.807, 2.05) is 13.2 Å². The Morgan fingerprint density at radius 1 is 1.17 bits per heavy atom. The first kappa shape index (κ1) is 27.4. The quantitative estimate of drug-likeness (QED) is 0.425. The summed E-state index contributed by atoms with van der Waals surface area (Å²) in [5.41, 5.74) is 0.925. The van der Waals surface area contributed by atoms with Gasteiger partial charge in [-0.05, 0) is 50.3 Å². The van der Waals surface area contributed by atoms with Gasteiger partial charge in [-0.15, -0.1) is 0 Å². The lowest BCUT2D eigenvalue weighted by molar-refractivity contribution is -0.151. The molecule has 3 atom stereocenters. The van der Waals surface area contributed by atoms with Gasteiger partial charge in [-0.3, -0.25) is 9.59 Å². The number of likely N-dealkylation sites (tertiary alicyclic amines) is 2. The third kappa shape index (κ3) is 6.75. The highest BCUT2D eigenvalue weighted by Crippen LogP contribution is 2.26. The van der Waals surface area contributed by atoms with Crippen LogP contribution in [0.5, 0.6) is 0 Å². The van der Waals surface area contributed by atoms with E-state index in [4.69, 9.17) is 0 Å². The van der Waals surface area contributed by atoms with Crippen LogP contribution in [-0.2, 0) is 24.4 Å². The molecule has 2 fully saturated rings. The van der Waals surface area contributed by atoms with E-state index in [0.29, 0.717) is 25.0 Å². The fourth-order valence-corrected chi connectivity index (χ4v) is 6.23. The molecule has 1 aromatic rings. The second-order valence-corrected chi connectivity index (χ2v) is 11.8. The second kappa shape index (κ2) is 11.7. The van der Waals surface area contributed by atoms with Crippen molar-refractivity contribution in [3.63, 3.8) is 0 Å². The normalized spacial score (nSPS) is 22.3. The summed E-state index contributed by atoms with van der Waals surface area (Å²) in [6.07, 6.45) is 2.06. The lowest BCUT2D eigenvalue weighted by Crippen LogP contribution is -2.52. The van der Waals surface area contributed by atoms with Crippen LogP contribution in [0.25, 0.3) is 0 Å². The Kier molecular flexibility index (Phi) is 9.19. The SMILES string of the molecule is CSCCC(NS(=O)(=O)c1ccc(C)cc1)C(=O)N1CCC(C(=O)N2CC(O)CC2C(=O)O)CC1. The number of aliphatic carboxylic acids is 1. The van der Waals surface area contributed by atoms with Gasteiger partial charge in [0, 0.05) is 32.0 Å². The average Bonchev–Trinajstić information content (AvgIpc) is 3.23. The summed E-state index contributed by atoms with van der Waals surface area (Å²) in [7, 11) is -3.89. The molecule has 0 bridgehead atoms. The predicted molar refractivity (Wildman–Crippen MR) is 131 cm³/mol. The number of carbonyl (C=O) groups excluding carboxylic acids is 2. The van der Waals surface area contributed by atoms with Crippen molar-refractivity contribution in [2.75, 3.05) is 31.6 Å². The fraction of sp³-hybridized carbons (Fsp3) is 0.609. The number of benzene rings is 1. The highest BCUT2D eigenvalue weighted by molar-refractivity contribution is 7.98. The van der Waals surface area contributed by atoms with Gasteiger partial charge in [-0.2, -0.15) is 16.5 Å². The van der Waals surface area contributed by atoms with Gasteiger partial charge in [0.1, 0.15) is 12.1 Å². The molecule has 3 N–H and O–H groups in total. The van der Waals surface area contributed by atoms with E-state index in [9.17, 15) is 33.0 Å². The number of carboxylic acids is 1. The number of sulfonamides is 1. The smallest absolute Gasteiger partial charge is 0.326 e. The van der Waals surface area contributed by atoms with Crippen LogP contribution in [0.3, 0.4) is 0 Å². The number of nitrogens with one attached hydrogen (secondary N) is 1. The van der Waals surface area contributed by atoms with Gasteiger partial charge in [0.25, 0.3) is 0 Å². The van der Waals surface area contributed by atoms with E-state index in [0.717, 1.165) is 5.56 Å². The van der Waals surface area contributed by atoms with Crippen LogP contribution >= 0.6 is 11.8 Å². The van der Waals surface area contributed by atoms with Crippen LogP contribution in [0.4, 0.5) is 0 Å². The van der Waals surface area contributed by atoms with E-state index >= 15 is 0 Å². The van der Waals surface area contributed by atoms with Crippen molar-refractivity contribution >= 4 is 39.6 Å². The van der Waals surface area contributed by atoms with Gasteiger partial charge in [-0.1, -0.05) is 17.7 Å². The average molecular weight is 528 g/mol. The molecule has 3 unspecified atom stereocenters. The number of amides is 2. The molecule has 10 nitrogen and oxygen atoms in total. The van der Waals surface area contributed by atoms with Crippen LogP contribution in [0.2, 0.25) is 0 Å². The molecule has 0 saturated carbocycles. The minimum absolute atomic E-state index is 0.00745. The Labute approximate surface area is 210 Å². The zero-order valence-corrected chi connectivity index (χ0v) is 21.6. The number of rotatable bonds is 9. The van der Waals surface area contributed by atoms with Gasteiger partial charge in [0.15, 0.2) is 0 Å². The third-order valence-electron chi connectivity index (χ3n) is 6.54. The molecule has 2 saturated heterocycles. The van der Waals surface area contributed by atoms with Crippen molar-refractivity contribution in [3.05, 3.63) is 29.8 Å². The number of β-amino-alcohol motifs (C(OH)–C–C–N with tert-alkyl or cyclic N) is 1. The minimum atomic E-state index is -3.89. The first-order chi connectivity index (χ1) is 16.5. The van der Waals surface area contributed by atoms with Gasteiger partial charge < -0.3 is 20.0 Å². The Morgan fingerprint density at radius 3 is 2.37 bits per heavy atom. The van der Waals surface area contributed by atoms with Crippen molar-refractivity contribution in [1.82, 2.24) is 14.5 Å². The molecular formula is C23H33N3O7S2. The number of hydrogen-bond donors (Lipinski definition) is 3. The number of aliphatic hydroxyl groups excluding tert-OH is 1. The summed E-state index contributed by atoms with van der Waals surface area (Å²) in [6, 6.07) is 4.44. The van der Waals surface area contributed by atoms with Crippen LogP contribution in [0.15, 0.2) is 29.2 Å². The first-order valence-corrected chi connectivity index (χ1v) is 14.5. The van der Waals surface area contributed by atoms with Gasteiger partial charge in [0.05, 0.1) is 11.0 Å². The number of hydrogen-bond acceptors (Lipinski definition) is 7. The largest absolute Gasteiger partial charge is 0.480 e. The zero-order valence-electron chi connectivity index (χ0n) is 19.9. The molecule has 2 heterocycles. The van der Waals surface area contributed by atoms with E-state index in [1.54, 1.807) is 17.0 Å². The number of carboxylic acid groups (broad SMARTS) is 1. The van der Waals surface area contributed by atoms with Crippen LogP contribution in [-0.4, -0.2) is 96.0 Å². The van der Waals surface area contributed by atoms with Gasteiger partial charge in [-0.25, -0.2) is 13.2 Å². The molecule has 0 radical (unpaired) electrons. The number of nitrogens with zero attached hydrogens (tertiary/aromatic N) is 2. The molecule has 0 spiro atoms. The summed E-state index contributed by atoms with van der Waals surface area (Å²) < 4.78 is 28.4. The maximum absolute atomic E-state index is 13.3. The van der Waals surface area contributed by atoms with Crippen molar-refractivity contribution in [3.8, 4) is 0 Å². The molecule has 3 rings (SSSR count). The first-order valence-electron chi connectivity index (χ1n) is 11.6. The number of aliphatic hydroxyl groups is 1. The van der Waals surface area contributed by atoms with Crippen molar-refractivity contribution in [1.29, 1.82) is 0 Å². The Hall–Kier alpha value is -2.15. The van der Waals surface area contributed by atoms with Crippen LogP contribution in [0, 0.1) is 12.8 Å². The molecule has 2 aliphatic heterocycles. The molecule has 35 heavy (non-hydrogen) atoms. The molecule has 2 aliphatic rings. The lowest BCUT2D eigenvalue weighted by Gasteiger charge is -2.35. The molecule has 0 aromatic heterocycles. The van der Waals surface area contributed by atoms with E-state index in [1.165, 1.54) is 28.8 Å². The van der Waals surface area contributed by atoms with E-state index < -0.39 is 40.1 Å². The predicted octanol–water partition coefficient (Wildman–Crippen LogP) is 0.680. The van der Waals surface area contributed by atoms with E-state index in [-0.39, 0.29) is 42.8 Å². The fourth-order valence-electron chi connectivity index (χ4n) is 4.53. The maximum Gasteiger partial charge on any atom is 0.326 e. The maximum atomic E-state index is 13.3. The van der Waals surface area contributed by atoms with Crippen molar-refractivity contribution in [2.45, 2.75) is 55.7 Å². The molecule has 2 amide bonds. The molecule has 1 aromatic carbocycles. The molecule has 12 heteroatoms. The number of aryl methyl sites for hydroxylation is 1. The summed E-state index contributed by atoms with van der Waals surface area (Å²) >= 11 is 1.51. The standard InChI is InChI=1S/C23H33N3O7S2/c1-15-3-5-18(6-4-15)35(32,33)24-19(9-12-34-2)22(29)25-10-7-16(8-11-25)21(28)26-14-17(27)13-20(26)23(30)31/h3-6,16-17,19-20,24,27H,7-14H2,1-2H3,(H,30,31). The number of carbonyl (C=O) groups is 3. The topological polar surface area (TPSA) is 144 Å². The zero-order chi connectivity index (χ0) is 25.8. The highest BCUT2D eigenvalue weighted by atomic mass is 32.2. The van der Waals surface area contributed by atoms with Crippen LogP contribution < -0.4 is 4.72 Å². The minimum Gasteiger partial charge on any atom is -0.480 e. The number of piperidine rings is 1. The Morgan fingerprint density at radius 2 is 1.80 bits per heavy atom. The highest BCUT2D eigenvalue weighted by Gasteiger charge is 2.42. The third-order valence-corrected chi connectivity index (χ3v) is 8.67. The summed E-state index contributed by atoms with van der Waals surface area (Å²) in [4.78, 5) is 40.6. The molecule has 194 valence electrons. The van der Waals surface area contributed by atoms with E-state index in [2.05, 4.69) is 4.72 Å². The van der Waals surface area contributed by atoms with Gasteiger partial charge in [0.2, 0.25) is 21.8 Å². The summed E-state index contributed by atoms with van der Waals surface area (Å²) in [5.74, 6) is -1.64. The second-order valence-electron chi connectivity index (χ2n) is 9.10. The van der Waals surface area contributed by atoms with Gasteiger partial charge >= 0.3 is 5.97 Å². The van der Waals surface area contributed by atoms with Crippen molar-refractivity contribution in [2.24, 2.45) is 5.92 Å². The Balaban J connectivity index is 1.64. The molecule has 0 aliphatic carbocycles. The van der Waals surface area contributed by atoms with Crippen LogP contribution in [0.1, 0.15) is 31.2 Å². The summed E-state index contributed by atoms with van der Waals surface area (Å²) in [5, 5.41) is 19.2. The summed E-state index contributed by atoms with van der Waals surface area (Å²) in [6.45, 7) is 2.39.